The van der Waals surface area contributed by atoms with Gasteiger partial charge in [-0.15, -0.1) is 0 Å². The zero-order valence-corrected chi connectivity index (χ0v) is 13.3. The molecule has 0 saturated heterocycles. The summed E-state index contributed by atoms with van der Waals surface area (Å²) in [6.07, 6.45) is 0. The molecule has 5 heteroatoms. The van der Waals surface area contributed by atoms with Crippen molar-refractivity contribution in [3.8, 4) is 0 Å². The van der Waals surface area contributed by atoms with E-state index < -0.39 is 0 Å². The summed E-state index contributed by atoms with van der Waals surface area (Å²) >= 11 is 8.89. The van der Waals surface area contributed by atoms with Gasteiger partial charge in [0.2, 0.25) is 0 Å². The number of aromatic nitrogens is 2. The molecule has 0 spiro atoms. The number of nitrogens with one attached hydrogen (secondary N) is 1. The maximum atomic E-state index is 5.39. The number of hydrogen-bond donors (Lipinski definition) is 1. The van der Waals surface area contributed by atoms with Crippen LogP contribution in [0.25, 0.3) is 11.0 Å². The van der Waals surface area contributed by atoms with Crippen LogP contribution in [-0.4, -0.2) is 34.1 Å². The van der Waals surface area contributed by atoms with E-state index in [-0.39, 0.29) is 0 Å². The summed E-state index contributed by atoms with van der Waals surface area (Å²) in [5.74, 6) is 0. The average molecular weight is 328 g/mol. The molecule has 2 rings (SSSR count). The molecule has 1 N–H and O–H groups in total. The monoisotopic (exact) mass is 327 g/mol. The van der Waals surface area contributed by atoms with Crippen molar-refractivity contribution >= 4 is 39.2 Å². The number of nitrogens with zero attached hydrogens (tertiary/aromatic N) is 2. The molecule has 1 heterocycles. The van der Waals surface area contributed by atoms with E-state index in [1.807, 2.05) is 6.07 Å². The van der Waals surface area contributed by atoms with Crippen LogP contribution < -0.4 is 0 Å². The lowest BCUT2D eigenvalue weighted by molar-refractivity contribution is 0.263. The lowest BCUT2D eigenvalue weighted by Gasteiger charge is -2.21. The van der Waals surface area contributed by atoms with Crippen molar-refractivity contribution in [2.45, 2.75) is 26.4 Å². The first kappa shape index (κ1) is 13.8. The lowest BCUT2D eigenvalue weighted by Crippen LogP contribution is -2.29. The summed E-state index contributed by atoms with van der Waals surface area (Å²) in [4.78, 5) is 5.56. The van der Waals surface area contributed by atoms with E-state index in [4.69, 9.17) is 12.2 Å². The Kier molecular flexibility index (Phi) is 4.25. The van der Waals surface area contributed by atoms with Gasteiger partial charge in [-0.3, -0.25) is 0 Å². The average Bonchev–Trinajstić information content (AvgIpc) is 2.61. The Balaban J connectivity index is 2.30. The van der Waals surface area contributed by atoms with E-state index in [9.17, 15) is 0 Å². The maximum Gasteiger partial charge on any atom is 0.178 e. The summed E-state index contributed by atoms with van der Waals surface area (Å²) in [5.41, 5.74) is 2.25. The molecule has 0 amide bonds. The number of H-pyrrole nitrogens is 1. The van der Waals surface area contributed by atoms with Crippen molar-refractivity contribution in [3.63, 3.8) is 0 Å². The summed E-state index contributed by atoms with van der Waals surface area (Å²) in [6.45, 7) is 6.30. The van der Waals surface area contributed by atoms with Gasteiger partial charge < -0.3 is 14.5 Å². The smallest absolute Gasteiger partial charge is 0.178 e. The standard InChI is InChI=1S/C13H18BrN3S/c1-9(2)16(3)6-7-17-12-8-10(14)4-5-11(12)15-13(17)18/h4-5,8-9H,6-7H2,1-3H3,(H,15,18). The molecule has 3 nitrogen and oxygen atoms in total. The Morgan fingerprint density at radius 1 is 1.44 bits per heavy atom. The fourth-order valence-corrected chi connectivity index (χ4v) is 2.51. The first-order valence-corrected chi connectivity index (χ1v) is 7.27. The Morgan fingerprint density at radius 2 is 2.17 bits per heavy atom. The Morgan fingerprint density at radius 3 is 2.83 bits per heavy atom. The third-order valence-corrected chi connectivity index (χ3v) is 4.11. The molecule has 0 aliphatic carbocycles. The maximum absolute atomic E-state index is 5.39. The Labute approximate surface area is 121 Å². The highest BCUT2D eigenvalue weighted by Gasteiger charge is 2.07. The zero-order valence-electron chi connectivity index (χ0n) is 10.9. The molecule has 0 bridgehead atoms. The van der Waals surface area contributed by atoms with Crippen molar-refractivity contribution in [1.82, 2.24) is 14.5 Å². The van der Waals surface area contributed by atoms with Gasteiger partial charge in [-0.2, -0.15) is 0 Å². The predicted octanol–water partition coefficient (Wildman–Crippen LogP) is 3.80. The third kappa shape index (κ3) is 2.84. The van der Waals surface area contributed by atoms with E-state index in [0.29, 0.717) is 6.04 Å². The van der Waals surface area contributed by atoms with Gasteiger partial charge in [0.05, 0.1) is 11.0 Å². The molecular formula is C13H18BrN3S. The zero-order chi connectivity index (χ0) is 13.3. The number of likely N-dealkylation sites (N-methyl/N-ethyl adjacent to an activating group) is 1. The second-order valence-electron chi connectivity index (χ2n) is 4.82. The van der Waals surface area contributed by atoms with E-state index in [1.54, 1.807) is 0 Å². The van der Waals surface area contributed by atoms with E-state index in [1.165, 1.54) is 0 Å². The number of halogens is 1. The van der Waals surface area contributed by atoms with Crippen LogP contribution in [0.5, 0.6) is 0 Å². The van der Waals surface area contributed by atoms with Crippen molar-refractivity contribution in [2.24, 2.45) is 0 Å². The van der Waals surface area contributed by atoms with Crippen LogP contribution in [0.4, 0.5) is 0 Å². The molecule has 2 aromatic rings. The van der Waals surface area contributed by atoms with Gasteiger partial charge in [0.1, 0.15) is 0 Å². The van der Waals surface area contributed by atoms with Crippen molar-refractivity contribution in [1.29, 1.82) is 0 Å². The molecule has 98 valence electrons. The molecule has 1 aromatic carbocycles. The number of imidazole rings is 1. The Hall–Kier alpha value is -0.650. The third-order valence-electron chi connectivity index (χ3n) is 3.30. The minimum atomic E-state index is 0.552. The molecule has 0 saturated carbocycles. The first-order valence-electron chi connectivity index (χ1n) is 6.07. The summed E-state index contributed by atoms with van der Waals surface area (Å²) in [5, 5.41) is 0. The number of aromatic amines is 1. The van der Waals surface area contributed by atoms with Crippen LogP contribution in [0.2, 0.25) is 0 Å². The van der Waals surface area contributed by atoms with Crippen molar-refractivity contribution < 1.29 is 0 Å². The molecule has 0 aliphatic heterocycles. The predicted molar refractivity (Wildman–Crippen MR) is 82.6 cm³/mol. The summed E-state index contributed by atoms with van der Waals surface area (Å²) < 4.78 is 4.03. The highest BCUT2D eigenvalue weighted by Crippen LogP contribution is 2.19. The van der Waals surface area contributed by atoms with E-state index in [2.05, 4.69) is 63.4 Å². The lowest BCUT2D eigenvalue weighted by atomic mass is 10.3. The second-order valence-corrected chi connectivity index (χ2v) is 6.12. The van der Waals surface area contributed by atoms with Crippen LogP contribution in [-0.2, 0) is 6.54 Å². The minimum absolute atomic E-state index is 0.552. The number of fused-ring (bicyclic) bond motifs is 1. The quantitative estimate of drug-likeness (QED) is 0.863. The molecule has 0 unspecified atom stereocenters. The van der Waals surface area contributed by atoms with Crippen LogP contribution >= 0.6 is 28.1 Å². The molecule has 1 aromatic heterocycles. The molecule has 18 heavy (non-hydrogen) atoms. The molecule has 0 aliphatic rings. The number of benzene rings is 1. The largest absolute Gasteiger partial charge is 0.331 e. The van der Waals surface area contributed by atoms with Gasteiger partial charge >= 0.3 is 0 Å². The fourth-order valence-electron chi connectivity index (χ4n) is 1.86. The number of hydrogen-bond acceptors (Lipinski definition) is 2. The number of rotatable bonds is 4. The van der Waals surface area contributed by atoms with Gasteiger partial charge in [0, 0.05) is 23.6 Å². The first-order chi connectivity index (χ1) is 8.49. The minimum Gasteiger partial charge on any atom is -0.331 e. The SMILES string of the molecule is CC(C)N(C)CCn1c(=S)[nH]c2ccc(Br)cc21. The van der Waals surface area contributed by atoms with Gasteiger partial charge in [-0.25, -0.2) is 0 Å². The van der Waals surface area contributed by atoms with Gasteiger partial charge in [-0.05, 0) is 51.3 Å². The second kappa shape index (κ2) is 5.55. The molecule has 0 fully saturated rings. The van der Waals surface area contributed by atoms with Gasteiger partial charge in [-0.1, -0.05) is 15.9 Å². The van der Waals surface area contributed by atoms with Crippen molar-refractivity contribution in [3.05, 3.63) is 27.4 Å². The van der Waals surface area contributed by atoms with Crippen LogP contribution in [0.3, 0.4) is 0 Å². The van der Waals surface area contributed by atoms with E-state index in [0.717, 1.165) is 33.4 Å². The van der Waals surface area contributed by atoms with Crippen LogP contribution in [0.1, 0.15) is 13.8 Å². The van der Waals surface area contributed by atoms with Gasteiger partial charge in [0.15, 0.2) is 4.77 Å². The molecular weight excluding hydrogens is 310 g/mol. The highest BCUT2D eigenvalue weighted by molar-refractivity contribution is 9.10. The topological polar surface area (TPSA) is 24.0 Å². The van der Waals surface area contributed by atoms with Gasteiger partial charge in [0.25, 0.3) is 0 Å². The van der Waals surface area contributed by atoms with Crippen LogP contribution in [0, 0.1) is 4.77 Å². The van der Waals surface area contributed by atoms with E-state index >= 15 is 0 Å². The summed E-state index contributed by atoms with van der Waals surface area (Å²) in [6, 6.07) is 6.74. The highest BCUT2D eigenvalue weighted by atomic mass is 79.9. The Bertz CT molecular complexity index is 600. The fraction of sp³-hybridized carbons (Fsp3) is 0.462. The molecule has 0 atom stereocenters. The van der Waals surface area contributed by atoms with Crippen molar-refractivity contribution in [2.75, 3.05) is 13.6 Å². The van der Waals surface area contributed by atoms with Crippen LogP contribution in [0.15, 0.2) is 22.7 Å². The normalized spacial score (nSPS) is 11.9. The summed E-state index contributed by atoms with van der Waals surface area (Å²) in [7, 11) is 2.14. The molecule has 0 radical (unpaired) electrons.